The molecule has 0 saturated heterocycles. The molecular formula is C28H22F4N2O2. The van der Waals surface area contributed by atoms with Crippen molar-refractivity contribution in [1.82, 2.24) is 9.97 Å². The normalized spacial score (nSPS) is 12.0. The number of carbonyl (C=O) groups is 1. The zero-order valence-corrected chi connectivity index (χ0v) is 19.7. The van der Waals surface area contributed by atoms with Crippen LogP contribution < -0.4 is 0 Å². The summed E-state index contributed by atoms with van der Waals surface area (Å²) in [4.78, 5) is 19.5. The third-order valence-electron chi connectivity index (χ3n) is 5.71. The molecule has 1 heterocycles. The number of alkyl halides is 3. The molecule has 0 unspecified atom stereocenters. The molecular weight excluding hydrogens is 472 g/mol. The van der Waals surface area contributed by atoms with E-state index in [1.54, 1.807) is 36.4 Å². The molecule has 0 radical (unpaired) electrons. The van der Waals surface area contributed by atoms with E-state index in [0.717, 1.165) is 17.7 Å². The maximum atomic E-state index is 13.8. The number of halogens is 4. The maximum absolute atomic E-state index is 13.8. The Morgan fingerprint density at radius 1 is 0.778 bits per heavy atom. The standard InChI is InChI=1S/C28H22F4N2O2/c1-27(2,3)20-10-7-16(8-11-20)23-15-24(28(30,31)32)34-25(33-23)19-6-4-5-17(13-19)18-9-12-22(29)21(14-18)26(35)36/h4-15H,1-3H3,(H,35,36). The molecule has 4 aromatic rings. The van der Waals surface area contributed by atoms with Gasteiger partial charge in [-0.2, -0.15) is 13.2 Å². The minimum absolute atomic E-state index is 0.117. The van der Waals surface area contributed by atoms with E-state index in [4.69, 9.17) is 0 Å². The summed E-state index contributed by atoms with van der Waals surface area (Å²) in [5.41, 5.74) is 1.13. The van der Waals surface area contributed by atoms with Crippen molar-refractivity contribution in [2.24, 2.45) is 0 Å². The van der Waals surface area contributed by atoms with E-state index in [9.17, 15) is 27.5 Å². The van der Waals surface area contributed by atoms with Gasteiger partial charge in [-0.15, -0.1) is 0 Å². The summed E-state index contributed by atoms with van der Waals surface area (Å²) in [5, 5.41) is 9.21. The van der Waals surface area contributed by atoms with E-state index in [-0.39, 0.29) is 16.9 Å². The molecule has 8 heteroatoms. The van der Waals surface area contributed by atoms with Gasteiger partial charge in [-0.25, -0.2) is 19.2 Å². The Kier molecular flexibility index (Phi) is 6.39. The average molecular weight is 494 g/mol. The largest absolute Gasteiger partial charge is 0.478 e. The Morgan fingerprint density at radius 2 is 1.39 bits per heavy atom. The SMILES string of the molecule is CC(C)(C)c1ccc(-c2cc(C(F)(F)F)nc(-c3cccc(-c4ccc(F)c(C(=O)O)c4)c3)n2)cc1. The summed E-state index contributed by atoms with van der Waals surface area (Å²) in [6.07, 6.45) is -4.69. The summed E-state index contributed by atoms with van der Waals surface area (Å²) in [7, 11) is 0. The van der Waals surface area contributed by atoms with Crippen molar-refractivity contribution in [3.63, 3.8) is 0 Å². The third kappa shape index (κ3) is 5.27. The highest BCUT2D eigenvalue weighted by Crippen LogP contribution is 2.34. The summed E-state index contributed by atoms with van der Waals surface area (Å²) < 4.78 is 55.0. The van der Waals surface area contributed by atoms with Crippen LogP contribution in [-0.4, -0.2) is 21.0 Å². The van der Waals surface area contributed by atoms with Crippen molar-refractivity contribution in [2.45, 2.75) is 32.4 Å². The number of hydrogen-bond acceptors (Lipinski definition) is 3. The molecule has 0 aliphatic rings. The molecule has 3 aromatic carbocycles. The van der Waals surface area contributed by atoms with Crippen LogP contribution in [0.4, 0.5) is 17.6 Å². The van der Waals surface area contributed by atoms with Gasteiger partial charge in [-0.05, 0) is 46.4 Å². The van der Waals surface area contributed by atoms with Crippen molar-refractivity contribution in [3.05, 3.63) is 95.4 Å². The van der Waals surface area contributed by atoms with Gasteiger partial charge in [0.1, 0.15) is 11.5 Å². The number of nitrogens with zero attached hydrogens (tertiary/aromatic N) is 2. The van der Waals surface area contributed by atoms with Crippen LogP contribution in [0.15, 0.2) is 72.8 Å². The lowest BCUT2D eigenvalue weighted by Crippen LogP contribution is -2.11. The number of benzene rings is 3. The first-order valence-corrected chi connectivity index (χ1v) is 11.0. The highest BCUT2D eigenvalue weighted by Gasteiger charge is 2.34. The molecule has 1 aromatic heterocycles. The van der Waals surface area contributed by atoms with Crippen LogP contribution in [-0.2, 0) is 11.6 Å². The highest BCUT2D eigenvalue weighted by molar-refractivity contribution is 5.90. The molecule has 0 atom stereocenters. The quantitative estimate of drug-likeness (QED) is 0.296. The van der Waals surface area contributed by atoms with Crippen molar-refractivity contribution in [2.75, 3.05) is 0 Å². The van der Waals surface area contributed by atoms with E-state index in [0.29, 0.717) is 22.3 Å². The van der Waals surface area contributed by atoms with Gasteiger partial charge in [0, 0.05) is 11.1 Å². The lowest BCUT2D eigenvalue weighted by molar-refractivity contribution is -0.141. The first kappa shape index (κ1) is 25.0. The topological polar surface area (TPSA) is 63.1 Å². The minimum Gasteiger partial charge on any atom is -0.478 e. The maximum Gasteiger partial charge on any atom is 0.433 e. The number of carboxylic acid groups (broad SMARTS) is 1. The van der Waals surface area contributed by atoms with Crippen molar-refractivity contribution < 1.29 is 27.5 Å². The molecule has 4 nitrogen and oxygen atoms in total. The molecule has 184 valence electrons. The second-order valence-electron chi connectivity index (χ2n) is 9.37. The molecule has 0 spiro atoms. The van der Waals surface area contributed by atoms with Crippen molar-refractivity contribution in [1.29, 1.82) is 0 Å². The highest BCUT2D eigenvalue weighted by atomic mass is 19.4. The van der Waals surface area contributed by atoms with E-state index < -0.39 is 29.2 Å². The Bertz CT molecular complexity index is 1440. The van der Waals surface area contributed by atoms with E-state index in [1.807, 2.05) is 32.9 Å². The predicted molar refractivity (Wildman–Crippen MR) is 129 cm³/mol. The van der Waals surface area contributed by atoms with Crippen molar-refractivity contribution >= 4 is 5.97 Å². The second kappa shape index (κ2) is 9.18. The summed E-state index contributed by atoms with van der Waals surface area (Å²) in [6.45, 7) is 6.13. The van der Waals surface area contributed by atoms with Crippen LogP contribution in [0.5, 0.6) is 0 Å². The zero-order chi connectivity index (χ0) is 26.3. The average Bonchev–Trinajstić information content (AvgIpc) is 2.83. The fourth-order valence-electron chi connectivity index (χ4n) is 3.72. The lowest BCUT2D eigenvalue weighted by atomic mass is 9.86. The Hall–Kier alpha value is -4.07. The van der Waals surface area contributed by atoms with E-state index in [1.165, 1.54) is 12.1 Å². The first-order valence-electron chi connectivity index (χ1n) is 11.0. The van der Waals surface area contributed by atoms with Gasteiger partial charge in [0.2, 0.25) is 0 Å². The molecule has 0 fully saturated rings. The van der Waals surface area contributed by atoms with Crippen LogP contribution in [0.2, 0.25) is 0 Å². The number of aromatic nitrogens is 2. The summed E-state index contributed by atoms with van der Waals surface area (Å²) >= 11 is 0. The van der Waals surface area contributed by atoms with Gasteiger partial charge in [0.05, 0.1) is 11.3 Å². The van der Waals surface area contributed by atoms with Gasteiger partial charge in [0.15, 0.2) is 5.82 Å². The van der Waals surface area contributed by atoms with Crippen molar-refractivity contribution in [3.8, 4) is 33.8 Å². The van der Waals surface area contributed by atoms with Gasteiger partial charge in [0.25, 0.3) is 0 Å². The fraction of sp³-hybridized carbons (Fsp3) is 0.179. The summed E-state index contributed by atoms with van der Waals surface area (Å²) in [5.74, 6) is -2.44. The molecule has 0 aliphatic carbocycles. The Balaban J connectivity index is 1.82. The van der Waals surface area contributed by atoms with Gasteiger partial charge < -0.3 is 5.11 Å². The van der Waals surface area contributed by atoms with Crippen LogP contribution in [0.3, 0.4) is 0 Å². The molecule has 36 heavy (non-hydrogen) atoms. The van der Waals surface area contributed by atoms with Gasteiger partial charge >= 0.3 is 12.1 Å². The smallest absolute Gasteiger partial charge is 0.433 e. The fourth-order valence-corrected chi connectivity index (χ4v) is 3.72. The minimum atomic E-state index is -4.69. The van der Waals surface area contributed by atoms with Gasteiger partial charge in [-0.1, -0.05) is 69.3 Å². The molecule has 1 N–H and O–H groups in total. The Morgan fingerprint density at radius 3 is 2.00 bits per heavy atom. The molecule has 0 bridgehead atoms. The first-order chi connectivity index (χ1) is 16.8. The van der Waals surface area contributed by atoms with E-state index in [2.05, 4.69) is 9.97 Å². The Labute approximate surface area is 205 Å². The van der Waals surface area contributed by atoms with Gasteiger partial charge in [-0.3, -0.25) is 0 Å². The number of carboxylic acids is 1. The zero-order valence-electron chi connectivity index (χ0n) is 19.7. The second-order valence-corrected chi connectivity index (χ2v) is 9.37. The van der Waals surface area contributed by atoms with Crippen LogP contribution in [0, 0.1) is 5.82 Å². The summed E-state index contributed by atoms with van der Waals surface area (Å²) in [6, 6.07) is 18.0. The molecule has 0 amide bonds. The van der Waals surface area contributed by atoms with E-state index >= 15 is 0 Å². The third-order valence-corrected chi connectivity index (χ3v) is 5.71. The molecule has 0 aliphatic heterocycles. The van der Waals surface area contributed by atoms with Crippen LogP contribution >= 0.6 is 0 Å². The molecule has 0 saturated carbocycles. The lowest BCUT2D eigenvalue weighted by Gasteiger charge is -2.19. The predicted octanol–water partition coefficient (Wildman–Crippen LogP) is 7.63. The number of rotatable bonds is 4. The monoisotopic (exact) mass is 494 g/mol. The van der Waals surface area contributed by atoms with Crippen LogP contribution in [0.1, 0.15) is 42.4 Å². The number of hydrogen-bond donors (Lipinski definition) is 1. The number of aromatic carboxylic acids is 1. The van der Waals surface area contributed by atoms with Crippen LogP contribution in [0.25, 0.3) is 33.8 Å². The molecule has 4 rings (SSSR count).